The summed E-state index contributed by atoms with van der Waals surface area (Å²) in [6.45, 7) is 5.21. The number of methoxy groups -OCH3 is 1. The Bertz CT molecular complexity index is 412. The van der Waals surface area contributed by atoms with Gasteiger partial charge in [0.05, 0.1) is 6.61 Å². The molecule has 0 saturated carbocycles. The minimum atomic E-state index is -0.723. The Morgan fingerprint density at radius 2 is 1.89 bits per heavy atom. The Kier molecular flexibility index (Phi) is 5.89. The zero-order valence-electron chi connectivity index (χ0n) is 11.5. The van der Waals surface area contributed by atoms with Gasteiger partial charge in [-0.25, -0.2) is 8.78 Å². The van der Waals surface area contributed by atoms with Crippen LogP contribution in [0.25, 0.3) is 0 Å². The van der Waals surface area contributed by atoms with Crippen molar-refractivity contribution >= 4 is 12.0 Å². The summed E-state index contributed by atoms with van der Waals surface area (Å²) in [7, 11) is 1.54. The second-order valence-electron chi connectivity index (χ2n) is 4.78. The van der Waals surface area contributed by atoms with E-state index in [4.69, 9.17) is 4.74 Å². The Morgan fingerprint density at radius 3 is 2.32 bits per heavy atom. The van der Waals surface area contributed by atoms with Gasteiger partial charge >= 0.3 is 0 Å². The molecule has 19 heavy (non-hydrogen) atoms. The van der Waals surface area contributed by atoms with Gasteiger partial charge in [-0.15, -0.1) is 0 Å². The molecule has 0 radical (unpaired) electrons. The highest BCUT2D eigenvalue weighted by atomic mass is 19.1. The van der Waals surface area contributed by atoms with Gasteiger partial charge < -0.3 is 9.64 Å². The topological polar surface area (TPSA) is 29.5 Å². The quantitative estimate of drug-likeness (QED) is 0.714. The Morgan fingerprint density at radius 1 is 1.32 bits per heavy atom. The van der Waals surface area contributed by atoms with Gasteiger partial charge in [0.15, 0.2) is 0 Å². The van der Waals surface area contributed by atoms with Crippen molar-refractivity contribution in [3.8, 4) is 0 Å². The molecule has 0 aliphatic heterocycles. The van der Waals surface area contributed by atoms with Gasteiger partial charge in [0, 0.05) is 25.8 Å². The third kappa shape index (κ3) is 4.28. The zero-order valence-corrected chi connectivity index (χ0v) is 11.5. The Labute approximate surface area is 112 Å². The van der Waals surface area contributed by atoms with Crippen LogP contribution in [-0.4, -0.2) is 33.1 Å². The number of hydrogen-bond donors (Lipinski definition) is 0. The molecule has 1 aromatic rings. The van der Waals surface area contributed by atoms with Crippen LogP contribution in [0.5, 0.6) is 0 Å². The molecule has 0 aromatic heterocycles. The number of aldehydes is 1. The average Bonchev–Trinajstić information content (AvgIpc) is 2.33. The van der Waals surface area contributed by atoms with E-state index in [0.29, 0.717) is 26.0 Å². The SMILES string of the molecule is COCCN(CC(C)C)c1c(F)cc(C=O)cc1F. The van der Waals surface area contributed by atoms with Gasteiger partial charge in [-0.2, -0.15) is 0 Å². The first kappa shape index (κ1) is 15.6. The summed E-state index contributed by atoms with van der Waals surface area (Å²) >= 11 is 0. The molecule has 0 heterocycles. The molecule has 0 amide bonds. The van der Waals surface area contributed by atoms with E-state index >= 15 is 0 Å². The number of hydrogen-bond acceptors (Lipinski definition) is 3. The Hall–Kier alpha value is -1.49. The predicted octanol–water partition coefficient (Wildman–Crippen LogP) is 2.89. The molecule has 1 aromatic carbocycles. The summed E-state index contributed by atoms with van der Waals surface area (Å²) in [6.07, 6.45) is 0.428. The van der Waals surface area contributed by atoms with Crippen molar-refractivity contribution in [3.05, 3.63) is 29.3 Å². The molecular formula is C14H19F2NO2. The van der Waals surface area contributed by atoms with E-state index in [1.54, 1.807) is 4.90 Å². The van der Waals surface area contributed by atoms with Gasteiger partial charge in [0.1, 0.15) is 23.6 Å². The maximum Gasteiger partial charge on any atom is 0.150 e. The van der Waals surface area contributed by atoms with E-state index < -0.39 is 11.6 Å². The fraction of sp³-hybridized carbons (Fsp3) is 0.500. The molecular weight excluding hydrogens is 252 g/mol. The minimum Gasteiger partial charge on any atom is -0.383 e. The number of anilines is 1. The first-order valence-electron chi connectivity index (χ1n) is 6.17. The van der Waals surface area contributed by atoms with Crippen LogP contribution in [-0.2, 0) is 4.74 Å². The number of carbonyl (C=O) groups excluding carboxylic acids is 1. The standard InChI is InChI=1S/C14H19F2NO2/c1-10(2)8-17(4-5-19-3)14-12(15)6-11(9-18)7-13(14)16/h6-7,9-10H,4-5,8H2,1-3H3. The van der Waals surface area contributed by atoms with E-state index in [-0.39, 0.29) is 17.2 Å². The second-order valence-corrected chi connectivity index (χ2v) is 4.78. The molecule has 0 spiro atoms. The molecule has 5 heteroatoms. The lowest BCUT2D eigenvalue weighted by Crippen LogP contribution is -2.32. The van der Waals surface area contributed by atoms with Crippen molar-refractivity contribution in [1.29, 1.82) is 0 Å². The lowest BCUT2D eigenvalue weighted by atomic mass is 10.1. The smallest absolute Gasteiger partial charge is 0.150 e. The van der Waals surface area contributed by atoms with Crippen molar-refractivity contribution in [1.82, 2.24) is 0 Å². The number of benzene rings is 1. The number of halogens is 2. The summed E-state index contributed by atoms with van der Waals surface area (Å²) in [4.78, 5) is 12.2. The van der Waals surface area contributed by atoms with Crippen LogP contribution in [0, 0.1) is 17.6 Å². The molecule has 0 atom stereocenters. The number of rotatable bonds is 7. The lowest BCUT2D eigenvalue weighted by Gasteiger charge is -2.27. The van der Waals surface area contributed by atoms with E-state index in [1.807, 2.05) is 13.8 Å². The molecule has 0 fully saturated rings. The van der Waals surface area contributed by atoms with E-state index in [9.17, 15) is 13.6 Å². The number of nitrogens with zero attached hydrogens (tertiary/aromatic N) is 1. The van der Waals surface area contributed by atoms with Gasteiger partial charge in [-0.05, 0) is 18.1 Å². The second kappa shape index (κ2) is 7.19. The van der Waals surface area contributed by atoms with Crippen LogP contribution in [0.3, 0.4) is 0 Å². The van der Waals surface area contributed by atoms with Crippen molar-refractivity contribution in [2.24, 2.45) is 5.92 Å². The number of ether oxygens (including phenoxy) is 1. The minimum absolute atomic E-state index is 0.00464. The molecule has 0 aliphatic rings. The van der Waals surface area contributed by atoms with Gasteiger partial charge in [0.2, 0.25) is 0 Å². The van der Waals surface area contributed by atoms with Crippen LogP contribution >= 0.6 is 0 Å². The van der Waals surface area contributed by atoms with Crippen molar-refractivity contribution in [3.63, 3.8) is 0 Å². The van der Waals surface area contributed by atoms with E-state index in [0.717, 1.165) is 12.1 Å². The fourth-order valence-electron chi connectivity index (χ4n) is 1.89. The maximum atomic E-state index is 13.9. The number of carbonyl (C=O) groups is 1. The Balaban J connectivity index is 3.09. The van der Waals surface area contributed by atoms with Gasteiger partial charge in [0.25, 0.3) is 0 Å². The largest absolute Gasteiger partial charge is 0.383 e. The summed E-state index contributed by atoms with van der Waals surface area (Å²) in [5.41, 5.74) is -0.105. The maximum absolute atomic E-state index is 13.9. The molecule has 0 bridgehead atoms. The van der Waals surface area contributed by atoms with E-state index in [2.05, 4.69) is 0 Å². The first-order chi connectivity index (χ1) is 8.99. The average molecular weight is 271 g/mol. The van der Waals surface area contributed by atoms with Crippen molar-refractivity contribution in [2.45, 2.75) is 13.8 Å². The normalized spacial score (nSPS) is 10.8. The van der Waals surface area contributed by atoms with Gasteiger partial charge in [-0.1, -0.05) is 13.8 Å². The first-order valence-corrected chi connectivity index (χ1v) is 6.17. The zero-order chi connectivity index (χ0) is 14.4. The molecule has 0 N–H and O–H groups in total. The fourth-order valence-corrected chi connectivity index (χ4v) is 1.89. The molecule has 1 rings (SSSR count). The molecule has 3 nitrogen and oxygen atoms in total. The van der Waals surface area contributed by atoms with Crippen molar-refractivity contribution < 1.29 is 18.3 Å². The summed E-state index contributed by atoms with van der Waals surface area (Å²) in [6, 6.07) is 2.09. The van der Waals surface area contributed by atoms with Gasteiger partial charge in [-0.3, -0.25) is 4.79 Å². The molecule has 106 valence electrons. The van der Waals surface area contributed by atoms with Crippen LogP contribution < -0.4 is 4.90 Å². The van der Waals surface area contributed by atoms with Crippen LogP contribution in [0.1, 0.15) is 24.2 Å². The highest BCUT2D eigenvalue weighted by Gasteiger charge is 2.18. The highest BCUT2D eigenvalue weighted by Crippen LogP contribution is 2.25. The predicted molar refractivity (Wildman–Crippen MR) is 70.7 cm³/mol. The summed E-state index contributed by atoms with van der Waals surface area (Å²) < 4.78 is 32.8. The van der Waals surface area contributed by atoms with Crippen LogP contribution in [0.15, 0.2) is 12.1 Å². The van der Waals surface area contributed by atoms with E-state index in [1.165, 1.54) is 7.11 Å². The molecule has 0 aliphatic carbocycles. The third-order valence-corrected chi connectivity index (χ3v) is 2.64. The summed E-state index contributed by atoms with van der Waals surface area (Å²) in [5, 5.41) is 0. The lowest BCUT2D eigenvalue weighted by molar-refractivity contribution is 0.112. The monoisotopic (exact) mass is 271 g/mol. The van der Waals surface area contributed by atoms with Crippen molar-refractivity contribution in [2.75, 3.05) is 31.7 Å². The third-order valence-electron chi connectivity index (χ3n) is 2.64. The molecule has 0 saturated heterocycles. The van der Waals surface area contributed by atoms with Crippen LogP contribution in [0.4, 0.5) is 14.5 Å². The molecule has 0 unspecified atom stereocenters. The summed E-state index contributed by atoms with van der Waals surface area (Å²) in [5.74, 6) is -1.20. The highest BCUT2D eigenvalue weighted by molar-refractivity contribution is 5.76. The van der Waals surface area contributed by atoms with Crippen LogP contribution in [0.2, 0.25) is 0 Å².